The predicted octanol–water partition coefficient (Wildman–Crippen LogP) is 2.76. The molecule has 1 aliphatic heterocycles. The normalized spacial score (nSPS) is 20.4. The number of nitriles is 1. The van der Waals surface area contributed by atoms with Crippen LogP contribution in [0, 0.1) is 11.3 Å². The minimum Gasteiger partial charge on any atom is -0.444 e. The van der Waals surface area contributed by atoms with Crippen molar-refractivity contribution < 1.29 is 14.3 Å². The zero-order chi connectivity index (χ0) is 18.8. The van der Waals surface area contributed by atoms with Gasteiger partial charge < -0.3 is 19.7 Å². The number of amides is 1. The first-order valence-electron chi connectivity index (χ1n) is 8.06. The molecule has 1 N–H and O–H groups in total. The molecule has 2 heterocycles. The van der Waals surface area contributed by atoms with Crippen molar-refractivity contribution >= 4 is 27.8 Å². The lowest BCUT2D eigenvalue weighted by atomic mass is 10.2. The average molecular weight is 414 g/mol. The summed E-state index contributed by atoms with van der Waals surface area (Å²) in [7, 11) is 3.35. The molecule has 1 aromatic rings. The van der Waals surface area contributed by atoms with Crippen LogP contribution < -0.4 is 5.32 Å². The van der Waals surface area contributed by atoms with E-state index >= 15 is 0 Å². The molecule has 0 aromatic carbocycles. The lowest BCUT2D eigenvalue weighted by Crippen LogP contribution is -2.41. The number of nitrogens with zero attached hydrogens (tertiary/aromatic N) is 4. The van der Waals surface area contributed by atoms with Crippen LogP contribution >= 0.6 is 15.9 Å². The van der Waals surface area contributed by atoms with Crippen LogP contribution in [0.1, 0.15) is 38.8 Å². The summed E-state index contributed by atoms with van der Waals surface area (Å²) < 4.78 is 13.0. The Kier molecular flexibility index (Phi) is 5.95. The number of methoxy groups -OCH3 is 1. The van der Waals surface area contributed by atoms with Crippen LogP contribution in [0.4, 0.5) is 10.6 Å². The van der Waals surface area contributed by atoms with E-state index in [9.17, 15) is 10.1 Å². The molecule has 0 aliphatic carbocycles. The second-order valence-corrected chi connectivity index (χ2v) is 7.70. The lowest BCUT2D eigenvalue weighted by Gasteiger charge is -2.28. The lowest BCUT2D eigenvalue weighted by molar-refractivity contribution is 0.0145. The van der Waals surface area contributed by atoms with E-state index in [0.717, 1.165) is 0 Å². The second kappa shape index (κ2) is 7.62. The highest BCUT2D eigenvalue weighted by Crippen LogP contribution is 2.34. The van der Waals surface area contributed by atoms with Crippen LogP contribution in [0.5, 0.6) is 0 Å². The molecule has 0 spiro atoms. The van der Waals surface area contributed by atoms with Gasteiger partial charge in [-0.15, -0.1) is 0 Å². The van der Waals surface area contributed by atoms with Crippen LogP contribution in [-0.4, -0.2) is 59.7 Å². The van der Waals surface area contributed by atoms with Gasteiger partial charge >= 0.3 is 6.09 Å². The summed E-state index contributed by atoms with van der Waals surface area (Å²) in [5.41, 5.74) is -0.118. The Bertz CT molecular complexity index is 677. The molecule has 1 saturated heterocycles. The van der Waals surface area contributed by atoms with Crippen LogP contribution in [0.3, 0.4) is 0 Å². The number of hydrogen-bond acceptors (Lipinski definition) is 6. The molecule has 1 aliphatic rings. The van der Waals surface area contributed by atoms with E-state index in [1.807, 2.05) is 20.8 Å². The Balaban J connectivity index is 2.28. The maximum atomic E-state index is 12.5. The van der Waals surface area contributed by atoms with E-state index < -0.39 is 5.60 Å². The van der Waals surface area contributed by atoms with Crippen LogP contribution in [-0.2, 0) is 9.47 Å². The number of halogens is 1. The zero-order valence-corrected chi connectivity index (χ0v) is 16.8. The van der Waals surface area contributed by atoms with Crippen LogP contribution in [0.15, 0.2) is 4.60 Å². The molecule has 8 nitrogen and oxygen atoms in total. The molecular formula is C16H24BrN5O3. The van der Waals surface area contributed by atoms with Gasteiger partial charge in [-0.25, -0.2) is 9.48 Å². The van der Waals surface area contributed by atoms with E-state index in [1.54, 1.807) is 23.7 Å². The van der Waals surface area contributed by atoms with E-state index in [4.69, 9.17) is 9.47 Å². The molecule has 2 rings (SSSR count). The first-order chi connectivity index (χ1) is 11.7. The summed E-state index contributed by atoms with van der Waals surface area (Å²) in [6.45, 7) is 6.38. The maximum Gasteiger partial charge on any atom is 0.410 e. The number of aromatic nitrogens is 2. The third-order valence-electron chi connectivity index (χ3n) is 3.94. The van der Waals surface area contributed by atoms with Crippen molar-refractivity contribution in [1.29, 1.82) is 5.26 Å². The second-order valence-electron chi connectivity index (χ2n) is 6.95. The van der Waals surface area contributed by atoms with E-state index in [2.05, 4.69) is 32.4 Å². The molecule has 1 aromatic heterocycles. The van der Waals surface area contributed by atoms with Crippen LogP contribution in [0.25, 0.3) is 0 Å². The molecule has 1 fully saturated rings. The van der Waals surface area contributed by atoms with Crippen molar-refractivity contribution in [1.82, 2.24) is 14.7 Å². The van der Waals surface area contributed by atoms with Crippen LogP contribution in [0.2, 0.25) is 0 Å². The largest absolute Gasteiger partial charge is 0.444 e. The van der Waals surface area contributed by atoms with Crippen molar-refractivity contribution in [3.8, 4) is 6.07 Å². The third-order valence-corrected chi connectivity index (χ3v) is 4.50. The quantitative estimate of drug-likeness (QED) is 0.815. The van der Waals surface area contributed by atoms with Crippen molar-refractivity contribution in [3.05, 3.63) is 10.2 Å². The summed E-state index contributed by atoms with van der Waals surface area (Å²) in [6.07, 6.45) is 0.301. The van der Waals surface area contributed by atoms with Crippen molar-refractivity contribution in [2.45, 2.75) is 44.9 Å². The number of nitrogens with one attached hydrogen (secondary N) is 1. The fourth-order valence-electron chi connectivity index (χ4n) is 2.97. The van der Waals surface area contributed by atoms with Gasteiger partial charge in [-0.3, -0.25) is 0 Å². The van der Waals surface area contributed by atoms with Gasteiger partial charge in [0.2, 0.25) is 0 Å². The Morgan fingerprint density at radius 2 is 2.20 bits per heavy atom. The number of ether oxygens (including phenoxy) is 2. The smallest absolute Gasteiger partial charge is 0.410 e. The van der Waals surface area contributed by atoms with Gasteiger partial charge in [0, 0.05) is 20.7 Å². The SMILES string of the molecule is CNc1c(C#N)c(Br)nn1C1C[C@@H](COC)N(C(=O)OC(C)(C)C)C1. The first kappa shape index (κ1) is 19.5. The average Bonchev–Trinajstić information content (AvgIpc) is 3.06. The molecule has 9 heteroatoms. The monoisotopic (exact) mass is 413 g/mol. The Morgan fingerprint density at radius 3 is 2.72 bits per heavy atom. The molecule has 138 valence electrons. The fourth-order valence-corrected chi connectivity index (χ4v) is 3.42. The summed E-state index contributed by atoms with van der Waals surface area (Å²) in [5, 5.41) is 16.8. The summed E-state index contributed by atoms with van der Waals surface area (Å²) in [4.78, 5) is 14.2. The van der Waals surface area contributed by atoms with Gasteiger partial charge in [-0.1, -0.05) is 0 Å². The molecule has 1 unspecified atom stereocenters. The van der Waals surface area contributed by atoms with Gasteiger partial charge in [-0.05, 0) is 43.1 Å². The fraction of sp³-hybridized carbons (Fsp3) is 0.688. The highest BCUT2D eigenvalue weighted by atomic mass is 79.9. The Morgan fingerprint density at radius 1 is 1.52 bits per heavy atom. The minimum atomic E-state index is -0.564. The summed E-state index contributed by atoms with van der Waals surface area (Å²) in [5.74, 6) is 0.626. The minimum absolute atomic E-state index is 0.0754. The van der Waals surface area contributed by atoms with Crippen molar-refractivity contribution in [3.63, 3.8) is 0 Å². The highest BCUT2D eigenvalue weighted by Gasteiger charge is 2.40. The van der Waals surface area contributed by atoms with E-state index in [0.29, 0.717) is 35.6 Å². The zero-order valence-electron chi connectivity index (χ0n) is 15.2. The molecule has 1 amide bonds. The molecular weight excluding hydrogens is 390 g/mol. The third kappa shape index (κ3) is 4.25. The van der Waals surface area contributed by atoms with Gasteiger partial charge in [-0.2, -0.15) is 10.4 Å². The summed E-state index contributed by atoms with van der Waals surface area (Å²) >= 11 is 3.32. The van der Waals surface area contributed by atoms with E-state index in [1.165, 1.54) is 0 Å². The van der Waals surface area contributed by atoms with E-state index in [-0.39, 0.29) is 18.2 Å². The standard InChI is InChI=1S/C16H24BrN5O3/c1-16(2,3)25-15(23)21-8-10(6-11(21)9-24-5)22-14(19-4)12(7-18)13(17)20-22/h10-11,19H,6,8-9H2,1-5H3/t10?,11-/m0/s1. The predicted molar refractivity (Wildman–Crippen MR) is 96.4 cm³/mol. The number of hydrogen-bond donors (Lipinski definition) is 1. The van der Waals surface area contributed by atoms with Gasteiger partial charge in [0.25, 0.3) is 0 Å². The van der Waals surface area contributed by atoms with Crippen molar-refractivity contribution in [2.75, 3.05) is 32.6 Å². The molecule has 25 heavy (non-hydrogen) atoms. The first-order valence-corrected chi connectivity index (χ1v) is 8.85. The number of carbonyl (C=O) groups excluding carboxylic acids is 1. The number of rotatable bonds is 4. The summed E-state index contributed by atoms with van der Waals surface area (Å²) in [6, 6.07) is 1.95. The topological polar surface area (TPSA) is 92.4 Å². The highest BCUT2D eigenvalue weighted by molar-refractivity contribution is 9.10. The Hall–Kier alpha value is -1.79. The van der Waals surface area contributed by atoms with Gasteiger partial charge in [0.1, 0.15) is 27.7 Å². The number of carbonyl (C=O) groups is 1. The van der Waals surface area contributed by atoms with Gasteiger partial charge in [0.05, 0.1) is 18.7 Å². The molecule has 0 saturated carbocycles. The molecule has 2 atom stereocenters. The maximum absolute atomic E-state index is 12.5. The number of anilines is 1. The number of likely N-dealkylation sites (tertiary alicyclic amines) is 1. The van der Waals surface area contributed by atoms with Crippen molar-refractivity contribution in [2.24, 2.45) is 0 Å². The molecule has 0 radical (unpaired) electrons. The molecule has 0 bridgehead atoms. The Labute approximate surface area is 156 Å². The van der Waals surface area contributed by atoms with Gasteiger partial charge in [0.15, 0.2) is 0 Å².